The van der Waals surface area contributed by atoms with E-state index in [-0.39, 0.29) is 18.0 Å². The third-order valence-electron chi connectivity index (χ3n) is 3.01. The molecule has 0 atom stereocenters. The van der Waals surface area contributed by atoms with Crippen molar-refractivity contribution < 1.29 is 9.72 Å². The van der Waals surface area contributed by atoms with Gasteiger partial charge < -0.3 is 5.32 Å². The van der Waals surface area contributed by atoms with E-state index in [1.54, 1.807) is 36.4 Å². The Morgan fingerprint density at radius 1 is 1.29 bits per heavy atom. The van der Waals surface area contributed by atoms with Crippen molar-refractivity contribution >= 4 is 28.9 Å². The van der Waals surface area contributed by atoms with Gasteiger partial charge in [-0.15, -0.1) is 0 Å². The highest BCUT2D eigenvalue weighted by Crippen LogP contribution is 2.22. The number of hydrogen-bond acceptors (Lipinski definition) is 3. The van der Waals surface area contributed by atoms with Crippen molar-refractivity contribution in [2.45, 2.75) is 13.3 Å². The first-order valence-corrected chi connectivity index (χ1v) is 6.63. The summed E-state index contributed by atoms with van der Waals surface area (Å²) in [5.41, 5.74) is 1.79. The smallest absolute Gasteiger partial charge is 0.273 e. The van der Waals surface area contributed by atoms with Crippen molar-refractivity contribution in [3.05, 3.63) is 68.7 Å². The molecule has 2 aromatic carbocycles. The summed E-state index contributed by atoms with van der Waals surface area (Å²) in [7, 11) is 0. The second-order valence-electron chi connectivity index (χ2n) is 4.57. The van der Waals surface area contributed by atoms with Crippen LogP contribution in [0.4, 0.5) is 11.4 Å². The van der Waals surface area contributed by atoms with E-state index in [4.69, 9.17) is 11.6 Å². The maximum absolute atomic E-state index is 12.0. The molecule has 0 aromatic heterocycles. The number of nitro benzene ring substituents is 1. The van der Waals surface area contributed by atoms with Crippen LogP contribution in [0.3, 0.4) is 0 Å². The largest absolute Gasteiger partial charge is 0.326 e. The summed E-state index contributed by atoms with van der Waals surface area (Å²) in [5.74, 6) is -0.324. The van der Waals surface area contributed by atoms with Crippen LogP contribution in [0.1, 0.15) is 11.1 Å². The van der Waals surface area contributed by atoms with E-state index < -0.39 is 4.92 Å². The summed E-state index contributed by atoms with van der Waals surface area (Å²) in [6, 6.07) is 11.4. The molecule has 2 rings (SSSR count). The zero-order valence-corrected chi connectivity index (χ0v) is 12.1. The molecular formula is C15H13ClN2O3. The number of carbonyl (C=O) groups is 1. The number of carbonyl (C=O) groups excluding carboxylic acids is 1. The topological polar surface area (TPSA) is 72.2 Å². The number of nitrogens with one attached hydrogen (secondary N) is 1. The monoisotopic (exact) mass is 304 g/mol. The first-order valence-electron chi connectivity index (χ1n) is 6.25. The van der Waals surface area contributed by atoms with E-state index in [0.29, 0.717) is 16.3 Å². The van der Waals surface area contributed by atoms with Gasteiger partial charge in [0.1, 0.15) is 0 Å². The molecule has 0 saturated carbocycles. The number of halogens is 1. The lowest BCUT2D eigenvalue weighted by Crippen LogP contribution is -2.16. The van der Waals surface area contributed by atoms with Gasteiger partial charge in [-0.1, -0.05) is 35.9 Å². The maximum Gasteiger partial charge on any atom is 0.273 e. The highest BCUT2D eigenvalue weighted by Gasteiger charge is 2.15. The molecule has 1 N–H and O–H groups in total. The molecule has 1 amide bonds. The Morgan fingerprint density at radius 3 is 2.71 bits per heavy atom. The predicted octanol–water partition coefficient (Wildman–Crippen LogP) is 3.74. The summed E-state index contributed by atoms with van der Waals surface area (Å²) >= 11 is 5.89. The molecule has 0 aliphatic rings. The minimum Gasteiger partial charge on any atom is -0.326 e. The zero-order valence-electron chi connectivity index (χ0n) is 11.3. The van der Waals surface area contributed by atoms with Gasteiger partial charge in [-0.3, -0.25) is 14.9 Å². The summed E-state index contributed by atoms with van der Waals surface area (Å²) in [6.45, 7) is 1.84. The summed E-state index contributed by atoms with van der Waals surface area (Å²) < 4.78 is 0. The van der Waals surface area contributed by atoms with Crippen LogP contribution in [0.15, 0.2) is 42.5 Å². The van der Waals surface area contributed by atoms with Crippen LogP contribution in [-0.4, -0.2) is 10.8 Å². The highest BCUT2D eigenvalue weighted by atomic mass is 35.5. The summed E-state index contributed by atoms with van der Waals surface area (Å²) in [5, 5.41) is 14.2. The van der Waals surface area contributed by atoms with Crippen molar-refractivity contribution in [3.8, 4) is 0 Å². The van der Waals surface area contributed by atoms with E-state index >= 15 is 0 Å². The Kier molecular flexibility index (Phi) is 4.55. The van der Waals surface area contributed by atoms with Gasteiger partial charge in [-0.05, 0) is 24.6 Å². The molecule has 0 aliphatic carbocycles. The third kappa shape index (κ3) is 3.79. The number of aryl methyl sites for hydroxylation is 1. The Bertz CT molecular complexity index is 701. The van der Waals surface area contributed by atoms with E-state index in [9.17, 15) is 14.9 Å². The van der Waals surface area contributed by atoms with Gasteiger partial charge in [0, 0.05) is 22.3 Å². The van der Waals surface area contributed by atoms with Crippen LogP contribution >= 0.6 is 11.6 Å². The van der Waals surface area contributed by atoms with Crippen molar-refractivity contribution in [1.29, 1.82) is 0 Å². The number of anilines is 1. The second-order valence-corrected chi connectivity index (χ2v) is 5.01. The SMILES string of the molecule is Cc1ccc(Cl)cc1NC(=O)Cc1ccccc1[N+](=O)[O-]. The molecule has 6 heteroatoms. The summed E-state index contributed by atoms with van der Waals surface area (Å²) in [4.78, 5) is 22.5. The molecule has 0 unspecified atom stereocenters. The fourth-order valence-electron chi connectivity index (χ4n) is 1.93. The number of hydrogen-bond donors (Lipinski definition) is 1. The molecule has 0 spiro atoms. The fraction of sp³-hybridized carbons (Fsp3) is 0.133. The van der Waals surface area contributed by atoms with Gasteiger partial charge in [0.05, 0.1) is 11.3 Å². The average Bonchev–Trinajstić information content (AvgIpc) is 2.43. The van der Waals surface area contributed by atoms with Crippen LogP contribution in [-0.2, 0) is 11.2 Å². The number of nitrogens with zero attached hydrogens (tertiary/aromatic N) is 1. The molecule has 0 radical (unpaired) electrons. The van der Waals surface area contributed by atoms with Crippen LogP contribution < -0.4 is 5.32 Å². The van der Waals surface area contributed by atoms with Gasteiger partial charge in [-0.25, -0.2) is 0 Å². The lowest BCUT2D eigenvalue weighted by atomic mass is 10.1. The first-order chi connectivity index (χ1) is 9.97. The van der Waals surface area contributed by atoms with E-state index in [1.165, 1.54) is 6.07 Å². The lowest BCUT2D eigenvalue weighted by Gasteiger charge is -2.09. The summed E-state index contributed by atoms with van der Waals surface area (Å²) in [6.07, 6.45) is -0.0664. The molecule has 108 valence electrons. The van der Waals surface area contributed by atoms with Crippen molar-refractivity contribution in [3.63, 3.8) is 0 Å². The lowest BCUT2D eigenvalue weighted by molar-refractivity contribution is -0.385. The van der Waals surface area contributed by atoms with Crippen molar-refractivity contribution in [1.82, 2.24) is 0 Å². The normalized spacial score (nSPS) is 10.2. The van der Waals surface area contributed by atoms with Gasteiger partial charge in [-0.2, -0.15) is 0 Å². The quantitative estimate of drug-likeness (QED) is 0.691. The maximum atomic E-state index is 12.0. The molecule has 2 aromatic rings. The zero-order chi connectivity index (χ0) is 15.4. The van der Waals surface area contributed by atoms with Crippen LogP contribution in [0, 0.1) is 17.0 Å². The standard InChI is InChI=1S/C15H13ClN2O3/c1-10-6-7-12(16)9-13(10)17-15(19)8-11-4-2-3-5-14(11)18(20)21/h2-7,9H,8H2,1H3,(H,17,19). The Labute approximate surface area is 126 Å². The van der Waals surface area contributed by atoms with Gasteiger partial charge >= 0.3 is 0 Å². The number of nitro groups is 1. The van der Waals surface area contributed by atoms with E-state index in [1.807, 2.05) is 6.92 Å². The molecule has 5 nitrogen and oxygen atoms in total. The van der Waals surface area contributed by atoms with Gasteiger partial charge in [0.15, 0.2) is 0 Å². The molecular weight excluding hydrogens is 292 g/mol. The first kappa shape index (κ1) is 15.0. The Morgan fingerprint density at radius 2 is 2.00 bits per heavy atom. The second kappa shape index (κ2) is 6.37. The molecule has 21 heavy (non-hydrogen) atoms. The van der Waals surface area contributed by atoms with Gasteiger partial charge in [0.2, 0.25) is 5.91 Å². The van der Waals surface area contributed by atoms with Crippen molar-refractivity contribution in [2.24, 2.45) is 0 Å². The number of para-hydroxylation sites is 1. The molecule has 0 aliphatic heterocycles. The van der Waals surface area contributed by atoms with Crippen LogP contribution in [0.2, 0.25) is 5.02 Å². The number of benzene rings is 2. The third-order valence-corrected chi connectivity index (χ3v) is 3.25. The average molecular weight is 305 g/mol. The van der Waals surface area contributed by atoms with Crippen molar-refractivity contribution in [2.75, 3.05) is 5.32 Å². The van der Waals surface area contributed by atoms with E-state index in [0.717, 1.165) is 5.56 Å². The predicted molar refractivity (Wildman–Crippen MR) is 81.6 cm³/mol. The van der Waals surface area contributed by atoms with Crippen LogP contribution in [0.25, 0.3) is 0 Å². The minimum absolute atomic E-state index is 0.0598. The molecule has 0 heterocycles. The molecule has 0 saturated heterocycles. The fourth-order valence-corrected chi connectivity index (χ4v) is 2.11. The van der Waals surface area contributed by atoms with Gasteiger partial charge in [0.25, 0.3) is 5.69 Å². The highest BCUT2D eigenvalue weighted by molar-refractivity contribution is 6.31. The molecule has 0 fully saturated rings. The van der Waals surface area contributed by atoms with Crippen LogP contribution in [0.5, 0.6) is 0 Å². The molecule has 0 bridgehead atoms. The number of amides is 1. The Balaban J connectivity index is 2.16. The minimum atomic E-state index is -0.493. The number of rotatable bonds is 4. The van der Waals surface area contributed by atoms with E-state index in [2.05, 4.69) is 5.32 Å². The Hall–Kier alpha value is -2.40.